The Morgan fingerprint density at radius 3 is 3.00 bits per heavy atom. The highest BCUT2D eigenvalue weighted by Crippen LogP contribution is 2.34. The molecular weight excluding hydrogens is 298 g/mol. The summed E-state index contributed by atoms with van der Waals surface area (Å²) in [5.74, 6) is 0.978. The average molecular weight is 323 g/mol. The summed E-state index contributed by atoms with van der Waals surface area (Å²) >= 11 is 1.84. The SMILES string of the molecule is Cc1ccsc1CN1C[C@H]2[C@H](CNC(=O)N(C)C)CO[C@H]2C1. The molecule has 0 bridgehead atoms. The van der Waals surface area contributed by atoms with Crippen molar-refractivity contribution < 1.29 is 9.53 Å². The Kier molecular flexibility index (Phi) is 4.70. The van der Waals surface area contributed by atoms with Crippen LogP contribution in [0.25, 0.3) is 0 Å². The molecule has 2 saturated heterocycles. The van der Waals surface area contributed by atoms with Crippen LogP contribution in [0.5, 0.6) is 0 Å². The van der Waals surface area contributed by atoms with E-state index in [4.69, 9.17) is 4.74 Å². The van der Waals surface area contributed by atoms with E-state index < -0.39 is 0 Å². The minimum atomic E-state index is -0.0208. The van der Waals surface area contributed by atoms with Crippen molar-refractivity contribution in [1.29, 1.82) is 0 Å². The number of hydrogen-bond acceptors (Lipinski definition) is 4. The minimum Gasteiger partial charge on any atom is -0.376 e. The van der Waals surface area contributed by atoms with Gasteiger partial charge in [0.2, 0.25) is 0 Å². The number of carbonyl (C=O) groups is 1. The predicted molar refractivity (Wildman–Crippen MR) is 88.1 cm³/mol. The maximum absolute atomic E-state index is 11.7. The fraction of sp³-hybridized carbons (Fsp3) is 0.688. The van der Waals surface area contributed by atoms with Crippen LogP contribution >= 0.6 is 11.3 Å². The maximum Gasteiger partial charge on any atom is 0.316 e. The van der Waals surface area contributed by atoms with Crippen molar-refractivity contribution in [2.24, 2.45) is 11.8 Å². The summed E-state index contributed by atoms with van der Waals surface area (Å²) in [4.78, 5) is 17.2. The molecule has 2 amide bonds. The summed E-state index contributed by atoms with van der Waals surface area (Å²) in [6.45, 7) is 6.78. The number of likely N-dealkylation sites (tertiary alicyclic amines) is 1. The Morgan fingerprint density at radius 1 is 1.50 bits per heavy atom. The number of ether oxygens (including phenoxy) is 1. The second-order valence-corrected chi connectivity index (χ2v) is 7.60. The fourth-order valence-electron chi connectivity index (χ4n) is 3.36. The highest BCUT2D eigenvalue weighted by Gasteiger charge is 2.43. The van der Waals surface area contributed by atoms with Gasteiger partial charge in [0.05, 0.1) is 12.7 Å². The Morgan fingerprint density at radius 2 is 2.32 bits per heavy atom. The van der Waals surface area contributed by atoms with Gasteiger partial charge in [-0.2, -0.15) is 0 Å². The first-order valence-corrected chi connectivity index (χ1v) is 8.74. The van der Waals surface area contributed by atoms with Gasteiger partial charge in [0.15, 0.2) is 0 Å². The number of rotatable bonds is 4. The van der Waals surface area contributed by atoms with Gasteiger partial charge in [-0.3, -0.25) is 4.90 Å². The van der Waals surface area contributed by atoms with Crippen LogP contribution in [0, 0.1) is 18.8 Å². The van der Waals surface area contributed by atoms with Crippen molar-refractivity contribution in [3.05, 3.63) is 21.9 Å². The van der Waals surface area contributed by atoms with E-state index in [1.165, 1.54) is 10.4 Å². The zero-order valence-corrected chi connectivity index (χ0v) is 14.4. The van der Waals surface area contributed by atoms with Crippen LogP contribution in [0.4, 0.5) is 4.79 Å². The molecule has 3 atom stereocenters. The van der Waals surface area contributed by atoms with Gasteiger partial charge in [0, 0.05) is 57.0 Å². The molecule has 1 aromatic heterocycles. The van der Waals surface area contributed by atoms with Crippen molar-refractivity contribution in [2.75, 3.05) is 40.3 Å². The standard InChI is InChI=1S/C16H25N3O2S/c1-11-4-5-22-15(11)9-19-7-13-12(10-21-14(13)8-19)6-17-16(20)18(2)3/h4-5,12-14H,6-10H2,1-3H3,(H,17,20)/t12-,13+,14+/m1/s1. The normalized spacial score (nSPS) is 27.9. The number of amides is 2. The second kappa shape index (κ2) is 6.56. The van der Waals surface area contributed by atoms with E-state index in [-0.39, 0.29) is 6.03 Å². The average Bonchev–Trinajstić information content (AvgIpc) is 3.14. The van der Waals surface area contributed by atoms with Gasteiger partial charge in [-0.1, -0.05) is 0 Å². The summed E-state index contributed by atoms with van der Waals surface area (Å²) < 4.78 is 5.96. The van der Waals surface area contributed by atoms with E-state index in [2.05, 4.69) is 28.6 Å². The van der Waals surface area contributed by atoms with Gasteiger partial charge in [-0.25, -0.2) is 4.79 Å². The van der Waals surface area contributed by atoms with Gasteiger partial charge >= 0.3 is 6.03 Å². The molecule has 0 unspecified atom stereocenters. The van der Waals surface area contributed by atoms with Crippen LogP contribution in [0.15, 0.2) is 11.4 Å². The molecule has 1 N–H and O–H groups in total. The maximum atomic E-state index is 11.7. The Balaban J connectivity index is 1.52. The van der Waals surface area contributed by atoms with E-state index in [1.807, 2.05) is 11.3 Å². The van der Waals surface area contributed by atoms with Crippen LogP contribution in [0.2, 0.25) is 0 Å². The summed E-state index contributed by atoms with van der Waals surface area (Å²) in [5.41, 5.74) is 1.39. The van der Waals surface area contributed by atoms with E-state index >= 15 is 0 Å². The first-order valence-electron chi connectivity index (χ1n) is 7.86. The third-order valence-corrected chi connectivity index (χ3v) is 5.78. The Bertz CT molecular complexity index is 531. The highest BCUT2D eigenvalue weighted by atomic mass is 32.1. The molecule has 0 saturated carbocycles. The van der Waals surface area contributed by atoms with Gasteiger partial charge in [-0.15, -0.1) is 11.3 Å². The van der Waals surface area contributed by atoms with Crippen LogP contribution < -0.4 is 5.32 Å². The molecule has 6 heteroatoms. The molecule has 5 nitrogen and oxygen atoms in total. The number of aryl methyl sites for hydroxylation is 1. The summed E-state index contributed by atoms with van der Waals surface area (Å²) in [7, 11) is 3.54. The summed E-state index contributed by atoms with van der Waals surface area (Å²) in [6, 6.07) is 2.17. The topological polar surface area (TPSA) is 44.8 Å². The first kappa shape index (κ1) is 15.8. The molecule has 2 fully saturated rings. The molecule has 122 valence electrons. The van der Waals surface area contributed by atoms with Crippen molar-refractivity contribution >= 4 is 17.4 Å². The van der Waals surface area contributed by atoms with Crippen LogP contribution in [-0.2, 0) is 11.3 Å². The van der Waals surface area contributed by atoms with Gasteiger partial charge in [-0.05, 0) is 23.9 Å². The lowest BCUT2D eigenvalue weighted by atomic mass is 9.93. The molecule has 0 radical (unpaired) electrons. The molecule has 2 aliphatic heterocycles. The third kappa shape index (κ3) is 3.29. The lowest BCUT2D eigenvalue weighted by Gasteiger charge is -2.20. The number of nitrogens with zero attached hydrogens (tertiary/aromatic N) is 2. The number of fused-ring (bicyclic) bond motifs is 1. The van der Waals surface area contributed by atoms with Crippen molar-refractivity contribution in [2.45, 2.75) is 19.6 Å². The zero-order valence-electron chi connectivity index (χ0n) is 13.5. The van der Waals surface area contributed by atoms with Crippen LogP contribution in [-0.4, -0.2) is 62.3 Å². The van der Waals surface area contributed by atoms with Crippen LogP contribution in [0.3, 0.4) is 0 Å². The quantitative estimate of drug-likeness (QED) is 0.918. The van der Waals surface area contributed by atoms with Gasteiger partial charge in [0.1, 0.15) is 0 Å². The molecular formula is C16H25N3O2S. The largest absolute Gasteiger partial charge is 0.376 e. The summed E-state index contributed by atoms with van der Waals surface area (Å²) in [5, 5.41) is 5.16. The van der Waals surface area contributed by atoms with E-state index in [0.29, 0.717) is 24.5 Å². The number of nitrogens with one attached hydrogen (secondary N) is 1. The molecule has 0 aromatic carbocycles. The molecule has 2 aliphatic rings. The van der Waals surface area contributed by atoms with E-state index in [1.54, 1.807) is 19.0 Å². The molecule has 0 aliphatic carbocycles. The predicted octanol–water partition coefficient (Wildman–Crippen LogP) is 1.77. The van der Waals surface area contributed by atoms with Crippen molar-refractivity contribution in [1.82, 2.24) is 15.1 Å². The monoisotopic (exact) mass is 323 g/mol. The fourth-order valence-corrected chi connectivity index (χ4v) is 4.31. The number of urea groups is 1. The zero-order chi connectivity index (χ0) is 15.7. The Hall–Kier alpha value is -1.11. The number of hydrogen-bond donors (Lipinski definition) is 1. The molecule has 3 heterocycles. The van der Waals surface area contributed by atoms with E-state index in [9.17, 15) is 4.79 Å². The van der Waals surface area contributed by atoms with E-state index in [0.717, 1.165) is 26.2 Å². The van der Waals surface area contributed by atoms with Gasteiger partial charge in [0.25, 0.3) is 0 Å². The van der Waals surface area contributed by atoms with Crippen LogP contribution in [0.1, 0.15) is 10.4 Å². The second-order valence-electron chi connectivity index (χ2n) is 6.60. The van der Waals surface area contributed by atoms with Crippen molar-refractivity contribution in [3.63, 3.8) is 0 Å². The lowest BCUT2D eigenvalue weighted by molar-refractivity contribution is 0.0941. The first-order chi connectivity index (χ1) is 10.5. The smallest absolute Gasteiger partial charge is 0.316 e. The molecule has 1 aromatic rings. The Labute approximate surface area is 136 Å². The van der Waals surface area contributed by atoms with Crippen molar-refractivity contribution in [3.8, 4) is 0 Å². The lowest BCUT2D eigenvalue weighted by Crippen LogP contribution is -2.39. The molecule has 3 rings (SSSR count). The summed E-state index contributed by atoms with van der Waals surface area (Å²) in [6.07, 6.45) is 0.335. The number of thiophene rings is 1. The molecule has 0 spiro atoms. The highest BCUT2D eigenvalue weighted by molar-refractivity contribution is 7.10. The number of carbonyl (C=O) groups excluding carboxylic acids is 1. The minimum absolute atomic E-state index is 0.0208. The van der Waals surface area contributed by atoms with Gasteiger partial charge < -0.3 is 15.0 Å². The molecule has 22 heavy (non-hydrogen) atoms. The third-order valence-electron chi connectivity index (χ3n) is 4.77.